The normalized spacial score (nSPS) is 22.1. The van der Waals surface area contributed by atoms with Crippen LogP contribution in [0, 0.1) is 5.41 Å². The number of hydrogen-bond donors (Lipinski definition) is 1. The molecule has 1 unspecified atom stereocenters. The van der Waals surface area contributed by atoms with Crippen LogP contribution in [0.25, 0.3) is 5.57 Å². The molecule has 3 heteroatoms. The third-order valence-electron chi connectivity index (χ3n) is 3.67. The lowest BCUT2D eigenvalue weighted by atomic mass is 9.71. The zero-order valence-corrected chi connectivity index (χ0v) is 11.9. The Morgan fingerprint density at radius 1 is 1.30 bits per heavy atom. The van der Waals surface area contributed by atoms with E-state index in [0.29, 0.717) is 25.2 Å². The van der Waals surface area contributed by atoms with E-state index in [4.69, 9.17) is 4.74 Å². The Bertz CT molecular complexity index is 543. The van der Waals surface area contributed by atoms with Gasteiger partial charge < -0.3 is 9.84 Å². The average Bonchev–Trinajstić information content (AvgIpc) is 2.46. The van der Waals surface area contributed by atoms with Gasteiger partial charge in [-0.3, -0.25) is 0 Å². The van der Waals surface area contributed by atoms with Crippen molar-refractivity contribution in [2.75, 3.05) is 13.2 Å². The number of carbonyl (C=O) groups is 1. The number of allylic oxidation sites excluding steroid dienone is 2. The lowest BCUT2D eigenvalue weighted by Crippen LogP contribution is -2.29. The highest BCUT2D eigenvalue weighted by Crippen LogP contribution is 2.43. The number of benzene rings is 1. The Morgan fingerprint density at radius 2 is 2.00 bits per heavy atom. The van der Waals surface area contributed by atoms with Crippen LogP contribution in [0.4, 0.5) is 0 Å². The second-order valence-electron chi connectivity index (χ2n) is 5.32. The molecular formula is C17H20O3. The molecule has 1 aromatic rings. The molecule has 0 aliphatic heterocycles. The third kappa shape index (κ3) is 2.99. The van der Waals surface area contributed by atoms with Gasteiger partial charge in [-0.05, 0) is 24.5 Å². The van der Waals surface area contributed by atoms with Crippen molar-refractivity contribution in [3.63, 3.8) is 0 Å². The fourth-order valence-corrected chi connectivity index (χ4v) is 2.63. The minimum absolute atomic E-state index is 0.306. The van der Waals surface area contributed by atoms with Gasteiger partial charge in [-0.1, -0.05) is 49.4 Å². The summed E-state index contributed by atoms with van der Waals surface area (Å²) in [6.07, 6.45) is 4.11. The molecule has 1 atom stereocenters. The van der Waals surface area contributed by atoms with E-state index in [1.807, 2.05) is 31.2 Å². The number of rotatable bonds is 5. The van der Waals surface area contributed by atoms with Gasteiger partial charge in [-0.2, -0.15) is 0 Å². The Morgan fingerprint density at radius 3 is 2.60 bits per heavy atom. The molecule has 0 saturated heterocycles. The molecule has 0 saturated carbocycles. The molecule has 1 aromatic carbocycles. The molecule has 0 bridgehead atoms. The number of ether oxygens (including phenoxy) is 1. The molecular weight excluding hydrogens is 252 g/mol. The predicted octanol–water partition coefficient (Wildman–Crippen LogP) is 3.53. The second-order valence-corrected chi connectivity index (χ2v) is 5.32. The van der Waals surface area contributed by atoms with Gasteiger partial charge in [-0.15, -0.1) is 0 Å². The van der Waals surface area contributed by atoms with E-state index in [1.165, 1.54) is 0 Å². The Balaban J connectivity index is 2.40. The average molecular weight is 272 g/mol. The first-order valence-corrected chi connectivity index (χ1v) is 6.84. The number of carboxylic acids is 1. The van der Waals surface area contributed by atoms with E-state index in [-0.39, 0.29) is 5.41 Å². The van der Waals surface area contributed by atoms with E-state index in [2.05, 4.69) is 19.1 Å². The van der Waals surface area contributed by atoms with Gasteiger partial charge >= 0.3 is 5.97 Å². The number of carboxylic acid groups (broad SMARTS) is 1. The summed E-state index contributed by atoms with van der Waals surface area (Å²) in [6, 6.07) is 10.1. The molecule has 0 radical (unpaired) electrons. The first-order valence-electron chi connectivity index (χ1n) is 6.84. The van der Waals surface area contributed by atoms with Gasteiger partial charge in [-0.25, -0.2) is 4.79 Å². The molecule has 0 amide bonds. The minimum Gasteiger partial charge on any atom is -0.478 e. The molecule has 3 nitrogen and oxygen atoms in total. The standard InChI is InChI=1S/C17H20O3/c1-3-20-12-17(2)11-14(16(18)19)9-10-15(17)13-7-5-4-6-8-13/h4-10H,3,11-12H2,1-2H3,(H,18,19). The summed E-state index contributed by atoms with van der Waals surface area (Å²) >= 11 is 0. The highest BCUT2D eigenvalue weighted by Gasteiger charge is 2.35. The Labute approximate surface area is 119 Å². The van der Waals surface area contributed by atoms with Gasteiger partial charge in [0.1, 0.15) is 0 Å². The number of aliphatic carboxylic acids is 1. The molecule has 0 heterocycles. The van der Waals surface area contributed by atoms with E-state index >= 15 is 0 Å². The van der Waals surface area contributed by atoms with Crippen LogP contribution in [0.1, 0.15) is 25.8 Å². The van der Waals surface area contributed by atoms with Crippen molar-refractivity contribution in [2.45, 2.75) is 20.3 Å². The van der Waals surface area contributed by atoms with Crippen molar-refractivity contribution in [3.8, 4) is 0 Å². The molecule has 1 aliphatic carbocycles. The lowest BCUT2D eigenvalue weighted by molar-refractivity contribution is -0.133. The first-order chi connectivity index (χ1) is 9.57. The third-order valence-corrected chi connectivity index (χ3v) is 3.67. The minimum atomic E-state index is -0.851. The second kappa shape index (κ2) is 6.06. The summed E-state index contributed by atoms with van der Waals surface area (Å²) in [4.78, 5) is 11.2. The maximum Gasteiger partial charge on any atom is 0.331 e. The van der Waals surface area contributed by atoms with Crippen LogP contribution < -0.4 is 0 Å². The summed E-state index contributed by atoms with van der Waals surface area (Å²) in [7, 11) is 0. The van der Waals surface area contributed by atoms with Gasteiger partial charge in [0.05, 0.1) is 6.61 Å². The molecule has 1 N–H and O–H groups in total. The Hall–Kier alpha value is -1.87. The summed E-state index contributed by atoms with van der Waals surface area (Å²) in [5.74, 6) is -0.851. The summed E-state index contributed by atoms with van der Waals surface area (Å²) in [6.45, 7) is 5.17. The summed E-state index contributed by atoms with van der Waals surface area (Å²) < 4.78 is 5.59. The van der Waals surface area contributed by atoms with Crippen molar-refractivity contribution in [1.29, 1.82) is 0 Å². The molecule has 0 aromatic heterocycles. The van der Waals surface area contributed by atoms with Crippen molar-refractivity contribution in [1.82, 2.24) is 0 Å². The summed E-state index contributed by atoms with van der Waals surface area (Å²) in [5, 5.41) is 9.21. The maximum absolute atomic E-state index is 11.2. The van der Waals surface area contributed by atoms with Crippen molar-refractivity contribution >= 4 is 11.5 Å². The highest BCUT2D eigenvalue weighted by molar-refractivity contribution is 5.90. The molecule has 0 spiro atoms. The van der Waals surface area contributed by atoms with Crippen LogP contribution in [0.2, 0.25) is 0 Å². The molecule has 20 heavy (non-hydrogen) atoms. The van der Waals surface area contributed by atoms with E-state index in [9.17, 15) is 9.90 Å². The van der Waals surface area contributed by atoms with E-state index < -0.39 is 5.97 Å². The van der Waals surface area contributed by atoms with Gasteiger partial charge in [0, 0.05) is 17.6 Å². The smallest absolute Gasteiger partial charge is 0.331 e. The monoisotopic (exact) mass is 272 g/mol. The van der Waals surface area contributed by atoms with Crippen LogP contribution in [-0.4, -0.2) is 24.3 Å². The van der Waals surface area contributed by atoms with Crippen molar-refractivity contribution in [2.24, 2.45) is 5.41 Å². The zero-order chi connectivity index (χ0) is 14.6. The maximum atomic E-state index is 11.2. The first kappa shape index (κ1) is 14.5. The molecule has 2 rings (SSSR count). The van der Waals surface area contributed by atoms with Crippen molar-refractivity contribution < 1.29 is 14.6 Å². The largest absolute Gasteiger partial charge is 0.478 e. The Kier molecular flexibility index (Phi) is 4.40. The van der Waals surface area contributed by atoms with Crippen LogP contribution in [-0.2, 0) is 9.53 Å². The molecule has 106 valence electrons. The van der Waals surface area contributed by atoms with Gasteiger partial charge in [0.25, 0.3) is 0 Å². The van der Waals surface area contributed by atoms with Crippen LogP contribution in [0.15, 0.2) is 48.1 Å². The highest BCUT2D eigenvalue weighted by atomic mass is 16.5. The topological polar surface area (TPSA) is 46.5 Å². The molecule has 0 fully saturated rings. The SMILES string of the molecule is CCOCC1(C)CC(C(=O)O)=CC=C1c1ccccc1. The summed E-state index contributed by atoms with van der Waals surface area (Å²) in [5.41, 5.74) is 2.39. The quantitative estimate of drug-likeness (QED) is 0.892. The lowest BCUT2D eigenvalue weighted by Gasteiger charge is -2.35. The molecule has 1 aliphatic rings. The predicted molar refractivity (Wildman–Crippen MR) is 79.4 cm³/mol. The van der Waals surface area contributed by atoms with Gasteiger partial charge in [0.2, 0.25) is 0 Å². The number of hydrogen-bond acceptors (Lipinski definition) is 2. The fraction of sp³-hybridized carbons (Fsp3) is 0.353. The van der Waals surface area contributed by atoms with E-state index in [1.54, 1.807) is 6.08 Å². The van der Waals surface area contributed by atoms with Crippen molar-refractivity contribution in [3.05, 3.63) is 53.6 Å². The zero-order valence-electron chi connectivity index (χ0n) is 11.9. The van der Waals surface area contributed by atoms with E-state index in [0.717, 1.165) is 11.1 Å². The van der Waals surface area contributed by atoms with Crippen LogP contribution in [0.5, 0.6) is 0 Å². The van der Waals surface area contributed by atoms with Crippen LogP contribution >= 0.6 is 0 Å². The van der Waals surface area contributed by atoms with Crippen LogP contribution in [0.3, 0.4) is 0 Å². The van der Waals surface area contributed by atoms with Gasteiger partial charge in [0.15, 0.2) is 0 Å². The fourth-order valence-electron chi connectivity index (χ4n) is 2.63.